The van der Waals surface area contributed by atoms with E-state index in [1.54, 1.807) is 42.5 Å². The summed E-state index contributed by atoms with van der Waals surface area (Å²) in [7, 11) is 1.53. The molecule has 0 aliphatic carbocycles. The number of carbonyl (C=O) groups is 4. The van der Waals surface area contributed by atoms with Gasteiger partial charge in [-0.25, -0.2) is 5.48 Å². The van der Waals surface area contributed by atoms with E-state index in [0.717, 1.165) is 0 Å². The first-order chi connectivity index (χ1) is 13.9. The van der Waals surface area contributed by atoms with Crippen LogP contribution in [0.4, 0.5) is 5.69 Å². The SMILES string of the molecule is CN1C(=O)CNC(=O)/C1=C/c1ccc(C(=O)Nc2cccc(C(=O)NO)c2)cc1. The highest BCUT2D eigenvalue weighted by Crippen LogP contribution is 2.16. The molecule has 0 radical (unpaired) electrons. The number of carbonyl (C=O) groups excluding carboxylic acids is 4. The fourth-order valence-electron chi connectivity index (χ4n) is 2.71. The summed E-state index contributed by atoms with van der Waals surface area (Å²) in [6, 6.07) is 12.6. The maximum absolute atomic E-state index is 12.4. The Labute approximate surface area is 166 Å². The van der Waals surface area contributed by atoms with Gasteiger partial charge in [0.25, 0.3) is 17.7 Å². The van der Waals surface area contributed by atoms with Gasteiger partial charge >= 0.3 is 0 Å². The van der Waals surface area contributed by atoms with Crippen molar-refractivity contribution in [1.29, 1.82) is 0 Å². The molecule has 9 heteroatoms. The Kier molecular flexibility index (Phi) is 5.70. The standard InChI is InChI=1S/C20H18N4O5/c1-24-16(20(28)21-11-17(24)25)9-12-5-7-13(8-6-12)18(26)22-15-4-2-3-14(10-15)19(27)23-29/h2-10,29H,11H2,1H3,(H,21,28)(H,22,26)(H,23,27)/b16-9-. The normalized spacial score (nSPS) is 15.1. The zero-order chi connectivity index (χ0) is 21.0. The van der Waals surface area contributed by atoms with Crippen LogP contribution in [0.3, 0.4) is 0 Å². The predicted molar refractivity (Wildman–Crippen MR) is 104 cm³/mol. The molecule has 0 spiro atoms. The minimum atomic E-state index is -0.686. The Morgan fingerprint density at radius 3 is 2.48 bits per heavy atom. The highest BCUT2D eigenvalue weighted by molar-refractivity contribution is 6.07. The van der Waals surface area contributed by atoms with Crippen LogP contribution in [0, 0.1) is 0 Å². The number of hydrogen-bond donors (Lipinski definition) is 4. The van der Waals surface area contributed by atoms with Crippen LogP contribution in [0.5, 0.6) is 0 Å². The smallest absolute Gasteiger partial charge is 0.274 e. The molecule has 4 amide bonds. The maximum atomic E-state index is 12.4. The summed E-state index contributed by atoms with van der Waals surface area (Å²) in [5.41, 5.74) is 3.34. The minimum Gasteiger partial charge on any atom is -0.342 e. The van der Waals surface area contributed by atoms with Crippen molar-refractivity contribution in [2.75, 3.05) is 18.9 Å². The van der Waals surface area contributed by atoms with Crippen molar-refractivity contribution in [3.63, 3.8) is 0 Å². The van der Waals surface area contributed by atoms with Crippen LogP contribution < -0.4 is 16.1 Å². The van der Waals surface area contributed by atoms with E-state index in [4.69, 9.17) is 5.21 Å². The first-order valence-electron chi connectivity index (χ1n) is 8.61. The van der Waals surface area contributed by atoms with Crippen molar-refractivity contribution in [1.82, 2.24) is 15.7 Å². The summed E-state index contributed by atoms with van der Waals surface area (Å²) in [4.78, 5) is 48.8. The van der Waals surface area contributed by atoms with Crippen LogP contribution >= 0.6 is 0 Å². The molecule has 0 atom stereocenters. The highest BCUT2D eigenvalue weighted by atomic mass is 16.5. The summed E-state index contributed by atoms with van der Waals surface area (Å²) in [6.45, 7) is -0.0348. The third-order valence-electron chi connectivity index (χ3n) is 4.33. The lowest BCUT2D eigenvalue weighted by molar-refractivity contribution is -0.135. The Balaban J connectivity index is 1.74. The number of anilines is 1. The average Bonchev–Trinajstić information content (AvgIpc) is 2.74. The second-order valence-corrected chi connectivity index (χ2v) is 6.26. The van der Waals surface area contributed by atoms with Crippen molar-refractivity contribution in [3.05, 3.63) is 70.9 Å². The number of benzene rings is 2. The van der Waals surface area contributed by atoms with Gasteiger partial charge in [-0.3, -0.25) is 24.4 Å². The Bertz CT molecular complexity index is 1010. The minimum absolute atomic E-state index is 0.0348. The van der Waals surface area contributed by atoms with E-state index in [1.165, 1.54) is 29.6 Å². The third kappa shape index (κ3) is 4.47. The molecule has 2 aromatic carbocycles. The van der Waals surface area contributed by atoms with Gasteiger partial charge in [0, 0.05) is 23.9 Å². The first-order valence-corrected chi connectivity index (χ1v) is 8.61. The van der Waals surface area contributed by atoms with Crippen LogP contribution in [0.2, 0.25) is 0 Å². The van der Waals surface area contributed by atoms with Gasteiger partial charge in [-0.05, 0) is 42.0 Å². The molecule has 1 saturated heterocycles. The van der Waals surface area contributed by atoms with Crippen LogP contribution in [-0.4, -0.2) is 47.3 Å². The van der Waals surface area contributed by atoms with Crippen molar-refractivity contribution >= 4 is 35.4 Å². The third-order valence-corrected chi connectivity index (χ3v) is 4.33. The van der Waals surface area contributed by atoms with Crippen LogP contribution in [-0.2, 0) is 9.59 Å². The molecule has 0 saturated carbocycles. The van der Waals surface area contributed by atoms with Crippen molar-refractivity contribution < 1.29 is 24.4 Å². The zero-order valence-electron chi connectivity index (χ0n) is 15.4. The Morgan fingerprint density at radius 1 is 1.07 bits per heavy atom. The second-order valence-electron chi connectivity index (χ2n) is 6.26. The number of amides is 4. The largest absolute Gasteiger partial charge is 0.342 e. The number of rotatable bonds is 4. The quantitative estimate of drug-likeness (QED) is 0.349. The summed E-state index contributed by atoms with van der Waals surface area (Å²) < 4.78 is 0. The molecule has 4 N–H and O–H groups in total. The van der Waals surface area contributed by atoms with Crippen LogP contribution in [0.1, 0.15) is 26.3 Å². The van der Waals surface area contributed by atoms with E-state index in [1.807, 2.05) is 0 Å². The molecule has 0 unspecified atom stereocenters. The molecule has 29 heavy (non-hydrogen) atoms. The van der Waals surface area contributed by atoms with Crippen molar-refractivity contribution in [2.24, 2.45) is 0 Å². The van der Waals surface area contributed by atoms with Gasteiger partial charge in [0.05, 0.1) is 6.54 Å². The fraction of sp³-hybridized carbons (Fsp3) is 0.100. The number of likely N-dealkylation sites (N-methyl/N-ethyl adjacent to an activating group) is 1. The van der Waals surface area contributed by atoms with Gasteiger partial charge < -0.3 is 15.5 Å². The molecule has 1 heterocycles. The predicted octanol–water partition coefficient (Wildman–Crippen LogP) is 0.987. The lowest BCUT2D eigenvalue weighted by atomic mass is 10.1. The highest BCUT2D eigenvalue weighted by Gasteiger charge is 2.25. The lowest BCUT2D eigenvalue weighted by Gasteiger charge is -2.25. The molecule has 1 aliphatic heterocycles. The monoisotopic (exact) mass is 394 g/mol. The summed E-state index contributed by atoms with van der Waals surface area (Å²) in [6.07, 6.45) is 1.56. The lowest BCUT2D eigenvalue weighted by Crippen LogP contribution is -2.47. The number of nitrogens with one attached hydrogen (secondary N) is 3. The first kappa shape index (κ1) is 19.8. The molecule has 2 aromatic rings. The Morgan fingerprint density at radius 2 is 1.79 bits per heavy atom. The number of nitrogens with zero attached hydrogens (tertiary/aromatic N) is 1. The molecule has 9 nitrogen and oxygen atoms in total. The van der Waals surface area contributed by atoms with Crippen molar-refractivity contribution in [2.45, 2.75) is 0 Å². The molecule has 1 aliphatic rings. The van der Waals surface area contributed by atoms with Crippen molar-refractivity contribution in [3.8, 4) is 0 Å². The molecular formula is C20H18N4O5. The summed E-state index contributed by atoms with van der Waals surface area (Å²) in [5.74, 6) is -1.65. The number of hydroxylamine groups is 1. The molecule has 0 aromatic heterocycles. The van der Waals surface area contributed by atoms with Gasteiger partial charge in [0.15, 0.2) is 0 Å². The summed E-state index contributed by atoms with van der Waals surface area (Å²) >= 11 is 0. The fourth-order valence-corrected chi connectivity index (χ4v) is 2.71. The molecule has 0 bridgehead atoms. The van der Waals surface area contributed by atoms with E-state index in [-0.39, 0.29) is 29.6 Å². The van der Waals surface area contributed by atoms with Gasteiger partial charge in [-0.1, -0.05) is 18.2 Å². The average molecular weight is 394 g/mol. The molecule has 3 rings (SSSR count). The zero-order valence-corrected chi connectivity index (χ0v) is 15.4. The van der Waals surface area contributed by atoms with E-state index < -0.39 is 11.8 Å². The summed E-state index contributed by atoms with van der Waals surface area (Å²) in [5, 5.41) is 13.9. The number of hydrogen-bond acceptors (Lipinski definition) is 5. The topological polar surface area (TPSA) is 128 Å². The van der Waals surface area contributed by atoms with E-state index in [9.17, 15) is 19.2 Å². The van der Waals surface area contributed by atoms with Crippen LogP contribution in [0.25, 0.3) is 6.08 Å². The van der Waals surface area contributed by atoms with E-state index in [2.05, 4.69) is 10.6 Å². The van der Waals surface area contributed by atoms with Gasteiger partial charge in [0.2, 0.25) is 5.91 Å². The second kappa shape index (κ2) is 8.36. The molecular weight excluding hydrogens is 376 g/mol. The number of piperazine rings is 1. The molecule has 1 fully saturated rings. The maximum Gasteiger partial charge on any atom is 0.274 e. The van der Waals surface area contributed by atoms with Gasteiger partial charge in [-0.15, -0.1) is 0 Å². The van der Waals surface area contributed by atoms with Gasteiger partial charge in [0.1, 0.15) is 5.70 Å². The van der Waals surface area contributed by atoms with E-state index >= 15 is 0 Å². The molecule has 148 valence electrons. The van der Waals surface area contributed by atoms with Crippen LogP contribution in [0.15, 0.2) is 54.2 Å². The Hall–Kier alpha value is -3.98. The van der Waals surface area contributed by atoms with E-state index in [0.29, 0.717) is 16.8 Å². The van der Waals surface area contributed by atoms with Gasteiger partial charge in [-0.2, -0.15) is 0 Å².